The van der Waals surface area contributed by atoms with Gasteiger partial charge in [-0.2, -0.15) is 0 Å². The summed E-state index contributed by atoms with van der Waals surface area (Å²) in [6, 6.07) is 46.9. The Labute approximate surface area is 220 Å². The maximum absolute atomic E-state index is 13.2. The summed E-state index contributed by atoms with van der Waals surface area (Å²) in [6.07, 6.45) is 0. The fraction of sp³-hybridized carbons (Fsp3) is 0. The summed E-state index contributed by atoms with van der Waals surface area (Å²) >= 11 is 0. The molecule has 0 fully saturated rings. The SMILES string of the molecule is Fc1ccc(-c2ccc(-c3ccc(-c4ccc(-c5ccc6oc7ccccc7c6c5)cc4)cc3)cc2)cc1. The highest BCUT2D eigenvalue weighted by Gasteiger charge is 2.09. The van der Waals surface area contributed by atoms with Crippen molar-refractivity contribution in [1.29, 1.82) is 0 Å². The average Bonchev–Trinajstić information content (AvgIpc) is 3.36. The number of hydrogen-bond acceptors (Lipinski definition) is 1. The van der Waals surface area contributed by atoms with Gasteiger partial charge < -0.3 is 4.42 Å². The Balaban J connectivity index is 1.12. The van der Waals surface area contributed by atoms with Crippen LogP contribution >= 0.6 is 0 Å². The van der Waals surface area contributed by atoms with E-state index in [4.69, 9.17) is 4.42 Å². The molecule has 0 unspecified atom stereocenters. The van der Waals surface area contributed by atoms with Crippen LogP contribution in [0.25, 0.3) is 66.4 Å². The Morgan fingerprint density at radius 1 is 0.342 bits per heavy atom. The number of halogens is 1. The third-order valence-electron chi connectivity index (χ3n) is 7.21. The number of para-hydroxylation sites is 1. The quantitative estimate of drug-likeness (QED) is 0.239. The largest absolute Gasteiger partial charge is 0.456 e. The molecule has 7 aromatic rings. The first-order chi connectivity index (χ1) is 18.7. The Morgan fingerprint density at radius 2 is 0.711 bits per heavy atom. The molecule has 0 saturated carbocycles. The molecule has 0 N–H and O–H groups in total. The maximum atomic E-state index is 13.2. The van der Waals surface area contributed by atoms with Crippen LogP contribution in [0, 0.1) is 5.82 Å². The second-order valence-corrected chi connectivity index (χ2v) is 9.55. The maximum Gasteiger partial charge on any atom is 0.135 e. The van der Waals surface area contributed by atoms with Crippen molar-refractivity contribution in [3.63, 3.8) is 0 Å². The smallest absolute Gasteiger partial charge is 0.135 e. The highest BCUT2D eigenvalue weighted by Crippen LogP contribution is 2.33. The third kappa shape index (κ3) is 4.07. The molecule has 0 aliphatic carbocycles. The lowest BCUT2D eigenvalue weighted by Gasteiger charge is -2.08. The van der Waals surface area contributed by atoms with Gasteiger partial charge in [-0.1, -0.05) is 109 Å². The first-order valence-electron chi connectivity index (χ1n) is 12.7. The highest BCUT2D eigenvalue weighted by molar-refractivity contribution is 6.06. The van der Waals surface area contributed by atoms with E-state index in [0.717, 1.165) is 44.2 Å². The summed E-state index contributed by atoms with van der Waals surface area (Å²) in [4.78, 5) is 0. The van der Waals surface area contributed by atoms with E-state index < -0.39 is 0 Å². The second kappa shape index (κ2) is 9.17. The first kappa shape index (κ1) is 22.3. The fourth-order valence-electron chi connectivity index (χ4n) is 5.11. The van der Waals surface area contributed by atoms with Crippen molar-refractivity contribution >= 4 is 21.9 Å². The van der Waals surface area contributed by atoms with Crippen LogP contribution in [0.15, 0.2) is 144 Å². The minimum atomic E-state index is -0.218. The van der Waals surface area contributed by atoms with Crippen LogP contribution in [0.1, 0.15) is 0 Å². The van der Waals surface area contributed by atoms with Crippen molar-refractivity contribution < 1.29 is 8.81 Å². The van der Waals surface area contributed by atoms with E-state index in [1.807, 2.05) is 30.3 Å². The Bertz CT molecular complexity index is 1880. The molecule has 6 aromatic carbocycles. The molecule has 1 nitrogen and oxygen atoms in total. The van der Waals surface area contributed by atoms with Crippen LogP contribution in [0.2, 0.25) is 0 Å². The van der Waals surface area contributed by atoms with Gasteiger partial charge in [-0.05, 0) is 74.8 Å². The molecule has 0 amide bonds. The van der Waals surface area contributed by atoms with Gasteiger partial charge >= 0.3 is 0 Å². The first-order valence-corrected chi connectivity index (χ1v) is 12.7. The summed E-state index contributed by atoms with van der Waals surface area (Å²) < 4.78 is 19.2. The van der Waals surface area contributed by atoms with Crippen molar-refractivity contribution in [1.82, 2.24) is 0 Å². The molecule has 0 radical (unpaired) electrons. The van der Waals surface area contributed by atoms with E-state index in [1.54, 1.807) is 0 Å². The van der Waals surface area contributed by atoms with Crippen LogP contribution in [-0.4, -0.2) is 0 Å². The molecule has 180 valence electrons. The highest BCUT2D eigenvalue weighted by atomic mass is 19.1. The lowest BCUT2D eigenvalue weighted by Crippen LogP contribution is -1.83. The minimum absolute atomic E-state index is 0.218. The molecular weight excluding hydrogens is 467 g/mol. The van der Waals surface area contributed by atoms with Gasteiger partial charge in [-0.15, -0.1) is 0 Å². The second-order valence-electron chi connectivity index (χ2n) is 9.55. The molecule has 0 saturated heterocycles. The topological polar surface area (TPSA) is 13.1 Å². The van der Waals surface area contributed by atoms with Gasteiger partial charge in [0.05, 0.1) is 0 Å². The van der Waals surface area contributed by atoms with E-state index in [0.29, 0.717) is 0 Å². The molecule has 0 aliphatic rings. The summed E-state index contributed by atoms with van der Waals surface area (Å²) in [5, 5.41) is 2.29. The number of hydrogen-bond donors (Lipinski definition) is 0. The van der Waals surface area contributed by atoms with Crippen molar-refractivity contribution in [2.75, 3.05) is 0 Å². The van der Waals surface area contributed by atoms with Crippen LogP contribution in [0.5, 0.6) is 0 Å². The van der Waals surface area contributed by atoms with Crippen LogP contribution in [0.3, 0.4) is 0 Å². The molecule has 1 aromatic heterocycles. The lowest BCUT2D eigenvalue weighted by atomic mass is 9.96. The van der Waals surface area contributed by atoms with Gasteiger partial charge in [-0.25, -0.2) is 4.39 Å². The van der Waals surface area contributed by atoms with Gasteiger partial charge in [0.1, 0.15) is 17.0 Å². The number of fused-ring (bicyclic) bond motifs is 3. The minimum Gasteiger partial charge on any atom is -0.456 e. The monoisotopic (exact) mass is 490 g/mol. The molecule has 2 heteroatoms. The zero-order valence-electron chi connectivity index (χ0n) is 20.6. The molecule has 0 bridgehead atoms. The molecule has 0 atom stereocenters. The number of rotatable bonds is 4. The average molecular weight is 491 g/mol. The fourth-order valence-corrected chi connectivity index (χ4v) is 5.11. The van der Waals surface area contributed by atoms with Gasteiger partial charge in [0.2, 0.25) is 0 Å². The van der Waals surface area contributed by atoms with Gasteiger partial charge in [0, 0.05) is 10.8 Å². The predicted molar refractivity (Wildman–Crippen MR) is 155 cm³/mol. The van der Waals surface area contributed by atoms with Gasteiger partial charge in [-0.3, -0.25) is 0 Å². The zero-order valence-corrected chi connectivity index (χ0v) is 20.6. The van der Waals surface area contributed by atoms with E-state index >= 15 is 0 Å². The van der Waals surface area contributed by atoms with Gasteiger partial charge in [0.25, 0.3) is 0 Å². The van der Waals surface area contributed by atoms with Crippen molar-refractivity contribution in [3.8, 4) is 44.5 Å². The van der Waals surface area contributed by atoms with E-state index in [2.05, 4.69) is 97.1 Å². The van der Waals surface area contributed by atoms with Crippen molar-refractivity contribution in [2.24, 2.45) is 0 Å². The summed E-state index contributed by atoms with van der Waals surface area (Å²) in [7, 11) is 0. The molecule has 0 aliphatic heterocycles. The van der Waals surface area contributed by atoms with Gasteiger partial charge in [0.15, 0.2) is 0 Å². The van der Waals surface area contributed by atoms with Crippen LogP contribution in [-0.2, 0) is 0 Å². The normalized spacial score (nSPS) is 11.3. The van der Waals surface area contributed by atoms with E-state index in [9.17, 15) is 4.39 Å². The van der Waals surface area contributed by atoms with E-state index in [1.165, 1.54) is 34.4 Å². The molecule has 1 heterocycles. The number of benzene rings is 6. The third-order valence-corrected chi connectivity index (χ3v) is 7.21. The predicted octanol–water partition coefficient (Wildman–Crippen LogP) is 10.4. The lowest BCUT2D eigenvalue weighted by molar-refractivity contribution is 0.628. The van der Waals surface area contributed by atoms with Crippen molar-refractivity contribution in [3.05, 3.63) is 145 Å². The molecule has 38 heavy (non-hydrogen) atoms. The van der Waals surface area contributed by atoms with Crippen LogP contribution in [0.4, 0.5) is 4.39 Å². The summed E-state index contributed by atoms with van der Waals surface area (Å²) in [6.45, 7) is 0. The zero-order chi connectivity index (χ0) is 25.5. The summed E-state index contributed by atoms with van der Waals surface area (Å²) in [5.74, 6) is -0.218. The molecule has 7 rings (SSSR count). The Hall–Kier alpha value is -4.95. The standard InChI is InChI=1S/C36H23FO/c37-32-20-17-29(18-21-32)28-11-9-25(10-12-28)24-5-7-26(8-6-24)27-13-15-30(16-14-27)31-19-22-36-34(23-31)33-3-1-2-4-35(33)38-36/h1-23H. The Morgan fingerprint density at radius 3 is 1.21 bits per heavy atom. The number of furan rings is 1. The summed E-state index contributed by atoms with van der Waals surface area (Å²) in [5.41, 5.74) is 11.0. The van der Waals surface area contributed by atoms with E-state index in [-0.39, 0.29) is 5.82 Å². The van der Waals surface area contributed by atoms with Crippen LogP contribution < -0.4 is 0 Å². The molecular formula is C36H23FO. The van der Waals surface area contributed by atoms with Crippen molar-refractivity contribution in [2.45, 2.75) is 0 Å². The Kier molecular flexibility index (Phi) is 5.37. The molecule has 0 spiro atoms.